The lowest BCUT2D eigenvalue weighted by molar-refractivity contribution is -0.133. The molecule has 2 fully saturated rings. The molecule has 0 radical (unpaired) electrons. The molecule has 3 aliphatic rings. The molecular formula is C29H42N4O3. The lowest BCUT2D eigenvalue weighted by atomic mass is 9.93. The van der Waals surface area contributed by atoms with Crippen LogP contribution in [-0.2, 0) is 11.3 Å². The van der Waals surface area contributed by atoms with Crippen molar-refractivity contribution < 1.29 is 14.3 Å². The molecule has 2 amide bonds. The third-order valence-corrected chi connectivity index (χ3v) is 8.62. The molecule has 0 bridgehead atoms. The van der Waals surface area contributed by atoms with E-state index < -0.39 is 5.54 Å². The zero-order valence-electron chi connectivity index (χ0n) is 22.1. The van der Waals surface area contributed by atoms with Crippen LogP contribution in [0.5, 0.6) is 5.75 Å². The molecule has 0 spiro atoms. The highest BCUT2D eigenvalue weighted by molar-refractivity contribution is 6.03. The van der Waals surface area contributed by atoms with Gasteiger partial charge >= 0.3 is 0 Å². The molecular weight excluding hydrogens is 452 g/mol. The molecule has 1 atom stereocenters. The van der Waals surface area contributed by atoms with Gasteiger partial charge in [0.05, 0.1) is 19.2 Å². The Labute approximate surface area is 215 Å². The molecule has 36 heavy (non-hydrogen) atoms. The van der Waals surface area contributed by atoms with E-state index in [-0.39, 0.29) is 17.9 Å². The van der Waals surface area contributed by atoms with E-state index in [1.807, 2.05) is 40.7 Å². The number of hydrogen-bond donors (Lipinski definition) is 1. The van der Waals surface area contributed by atoms with Gasteiger partial charge in [-0.05, 0) is 76.9 Å². The molecule has 5 rings (SSSR count). The number of nitrogens with one attached hydrogen (secondary N) is 1. The Morgan fingerprint density at radius 2 is 1.75 bits per heavy atom. The zero-order valence-corrected chi connectivity index (χ0v) is 22.1. The summed E-state index contributed by atoms with van der Waals surface area (Å²) in [5.41, 5.74) is 0.669. The van der Waals surface area contributed by atoms with Gasteiger partial charge in [0.15, 0.2) is 0 Å². The van der Waals surface area contributed by atoms with E-state index in [9.17, 15) is 9.59 Å². The van der Waals surface area contributed by atoms with Crippen molar-refractivity contribution in [3.8, 4) is 5.75 Å². The predicted octanol–water partition coefficient (Wildman–Crippen LogP) is 4.58. The number of carbonyl (C=O) groups is 2. The lowest BCUT2D eigenvalue weighted by Gasteiger charge is -2.45. The van der Waals surface area contributed by atoms with E-state index in [0.717, 1.165) is 68.4 Å². The second-order valence-electron chi connectivity index (χ2n) is 11.2. The minimum atomic E-state index is -0.937. The lowest BCUT2D eigenvalue weighted by Crippen LogP contribution is -2.65. The standard InChI is InChI=1S/C29H42N4O3/c1-29(28(35)30-23-11-6-3-4-7-12-23)21-32-25-20-24(36-2)14-13-22(25)19-26(32)27(34)33(29)18-10-17-31-15-8-5-9-16-31/h13-14,19-20,23H,3-12,15-18,21H2,1-2H3,(H,30,35)/t29-/m0/s1. The first-order valence-electron chi connectivity index (χ1n) is 14.0. The van der Waals surface area contributed by atoms with Crippen molar-refractivity contribution in [1.29, 1.82) is 0 Å². The molecule has 7 heteroatoms. The number of aromatic nitrogens is 1. The Hall–Kier alpha value is -2.54. The predicted molar refractivity (Wildman–Crippen MR) is 142 cm³/mol. The van der Waals surface area contributed by atoms with Crippen LogP contribution in [0.1, 0.15) is 81.6 Å². The Bertz CT molecular complexity index is 1080. The van der Waals surface area contributed by atoms with E-state index in [4.69, 9.17) is 4.74 Å². The summed E-state index contributed by atoms with van der Waals surface area (Å²) in [6, 6.07) is 8.06. The van der Waals surface area contributed by atoms with E-state index in [2.05, 4.69) is 10.2 Å². The van der Waals surface area contributed by atoms with Gasteiger partial charge in [-0.3, -0.25) is 9.59 Å². The number of ether oxygens (including phenoxy) is 1. The first-order valence-corrected chi connectivity index (χ1v) is 14.0. The monoisotopic (exact) mass is 494 g/mol. The third-order valence-electron chi connectivity index (χ3n) is 8.62. The molecule has 1 aromatic heterocycles. The maximum Gasteiger partial charge on any atom is 0.271 e. The number of carbonyl (C=O) groups excluding carboxylic acids is 2. The molecule has 1 N–H and O–H groups in total. The van der Waals surface area contributed by atoms with Gasteiger partial charge < -0.3 is 24.4 Å². The van der Waals surface area contributed by atoms with Crippen LogP contribution in [0.15, 0.2) is 24.3 Å². The average Bonchev–Trinajstić information content (AvgIpc) is 3.05. The van der Waals surface area contributed by atoms with Gasteiger partial charge in [-0.15, -0.1) is 0 Å². The minimum Gasteiger partial charge on any atom is -0.497 e. The first kappa shape index (κ1) is 25.1. The van der Waals surface area contributed by atoms with E-state index in [1.165, 1.54) is 32.1 Å². The van der Waals surface area contributed by atoms with Crippen LogP contribution in [0.4, 0.5) is 0 Å². The quantitative estimate of drug-likeness (QED) is 0.572. The molecule has 1 saturated carbocycles. The number of benzene rings is 1. The number of rotatable bonds is 7. The fraction of sp³-hybridized carbons (Fsp3) is 0.655. The van der Waals surface area contributed by atoms with Crippen LogP contribution >= 0.6 is 0 Å². The van der Waals surface area contributed by atoms with Crippen LogP contribution in [0, 0.1) is 0 Å². The second-order valence-corrected chi connectivity index (χ2v) is 11.2. The van der Waals surface area contributed by atoms with Crippen LogP contribution < -0.4 is 10.1 Å². The Morgan fingerprint density at radius 3 is 2.47 bits per heavy atom. The number of likely N-dealkylation sites (tertiary alicyclic amines) is 1. The molecule has 1 aliphatic carbocycles. The summed E-state index contributed by atoms with van der Waals surface area (Å²) < 4.78 is 7.50. The fourth-order valence-corrected chi connectivity index (χ4v) is 6.41. The summed E-state index contributed by atoms with van der Waals surface area (Å²) in [7, 11) is 1.65. The summed E-state index contributed by atoms with van der Waals surface area (Å²) in [6.45, 7) is 6.27. The van der Waals surface area contributed by atoms with Gasteiger partial charge in [-0.1, -0.05) is 32.1 Å². The number of fused-ring (bicyclic) bond motifs is 3. The highest BCUT2D eigenvalue weighted by Crippen LogP contribution is 2.34. The maximum absolute atomic E-state index is 14.0. The number of amides is 2. The maximum atomic E-state index is 14.0. The van der Waals surface area contributed by atoms with Crippen molar-refractivity contribution in [2.24, 2.45) is 0 Å². The van der Waals surface area contributed by atoms with Crippen LogP contribution in [0.2, 0.25) is 0 Å². The Balaban J connectivity index is 1.43. The number of piperidine rings is 1. The highest BCUT2D eigenvalue weighted by Gasteiger charge is 2.48. The molecule has 1 saturated heterocycles. The largest absolute Gasteiger partial charge is 0.497 e. The van der Waals surface area contributed by atoms with Gasteiger partial charge in [-0.25, -0.2) is 0 Å². The highest BCUT2D eigenvalue weighted by atomic mass is 16.5. The third kappa shape index (κ3) is 4.99. The van der Waals surface area contributed by atoms with E-state index in [1.54, 1.807) is 7.11 Å². The van der Waals surface area contributed by atoms with Gasteiger partial charge in [0, 0.05) is 24.0 Å². The van der Waals surface area contributed by atoms with Gasteiger partial charge in [0.1, 0.15) is 17.0 Å². The van der Waals surface area contributed by atoms with Crippen molar-refractivity contribution >= 4 is 22.7 Å². The molecule has 196 valence electrons. The first-order chi connectivity index (χ1) is 17.5. The van der Waals surface area contributed by atoms with Crippen molar-refractivity contribution in [3.63, 3.8) is 0 Å². The number of methoxy groups -OCH3 is 1. The van der Waals surface area contributed by atoms with Crippen molar-refractivity contribution in [2.75, 3.05) is 33.3 Å². The van der Waals surface area contributed by atoms with Gasteiger partial charge in [0.2, 0.25) is 5.91 Å². The topological polar surface area (TPSA) is 66.8 Å². The van der Waals surface area contributed by atoms with Crippen molar-refractivity contribution in [1.82, 2.24) is 19.7 Å². The van der Waals surface area contributed by atoms with Gasteiger partial charge in [-0.2, -0.15) is 0 Å². The summed E-state index contributed by atoms with van der Waals surface area (Å²) in [5, 5.41) is 4.37. The van der Waals surface area contributed by atoms with Crippen molar-refractivity contribution in [2.45, 2.75) is 89.3 Å². The van der Waals surface area contributed by atoms with Gasteiger partial charge in [0.25, 0.3) is 5.91 Å². The molecule has 7 nitrogen and oxygen atoms in total. The molecule has 3 heterocycles. The average molecular weight is 495 g/mol. The number of hydrogen-bond acceptors (Lipinski definition) is 4. The van der Waals surface area contributed by atoms with Crippen LogP contribution in [0.25, 0.3) is 10.9 Å². The molecule has 0 unspecified atom stereocenters. The summed E-state index contributed by atoms with van der Waals surface area (Å²) in [6.07, 6.45) is 11.6. The summed E-state index contributed by atoms with van der Waals surface area (Å²) in [4.78, 5) is 32.3. The molecule has 2 aliphatic heterocycles. The summed E-state index contributed by atoms with van der Waals surface area (Å²) in [5.74, 6) is 0.689. The smallest absolute Gasteiger partial charge is 0.271 e. The summed E-state index contributed by atoms with van der Waals surface area (Å²) >= 11 is 0. The minimum absolute atomic E-state index is 0.0175. The molecule has 2 aromatic rings. The SMILES string of the molecule is COc1ccc2cc3n(c2c1)C[C@@](C)(C(=O)NC1CCCCCC1)N(CCCN1CCCCC1)C3=O. The number of nitrogens with zero attached hydrogens (tertiary/aromatic N) is 3. The second kappa shape index (κ2) is 10.8. The van der Waals surface area contributed by atoms with Crippen LogP contribution in [0.3, 0.4) is 0 Å². The van der Waals surface area contributed by atoms with Crippen molar-refractivity contribution in [3.05, 3.63) is 30.0 Å². The zero-order chi connectivity index (χ0) is 25.1. The Morgan fingerprint density at radius 1 is 1.03 bits per heavy atom. The Kier molecular flexibility index (Phi) is 7.56. The fourth-order valence-electron chi connectivity index (χ4n) is 6.41. The molecule has 1 aromatic carbocycles. The normalized spacial score (nSPS) is 23.9. The van der Waals surface area contributed by atoms with E-state index in [0.29, 0.717) is 18.8 Å². The van der Waals surface area contributed by atoms with E-state index >= 15 is 0 Å². The van der Waals surface area contributed by atoms with Crippen LogP contribution in [-0.4, -0.2) is 71.1 Å².